The van der Waals surface area contributed by atoms with Crippen molar-refractivity contribution in [3.63, 3.8) is 0 Å². The lowest BCUT2D eigenvalue weighted by Crippen LogP contribution is -1.90. The molecule has 102 valence electrons. The third kappa shape index (κ3) is 3.33. The van der Waals surface area contributed by atoms with Crippen molar-refractivity contribution in [2.75, 3.05) is 7.11 Å². The molecular formula is C14H11ClN2O3. The summed E-state index contributed by atoms with van der Waals surface area (Å²) in [5.74, 6) is 0.748. The number of nitro groups is 1. The molecule has 0 amide bonds. The average Bonchev–Trinajstić information content (AvgIpc) is 2.46. The summed E-state index contributed by atoms with van der Waals surface area (Å²) in [4.78, 5) is 14.4. The summed E-state index contributed by atoms with van der Waals surface area (Å²) in [5.41, 5.74) is 1.31. The second kappa shape index (κ2) is 6.16. The molecule has 0 unspecified atom stereocenters. The Kier molecular flexibility index (Phi) is 4.32. The summed E-state index contributed by atoms with van der Waals surface area (Å²) >= 11 is 5.97. The van der Waals surface area contributed by atoms with Gasteiger partial charge >= 0.3 is 0 Å². The highest BCUT2D eigenvalue weighted by Gasteiger charge is 2.07. The smallest absolute Gasteiger partial charge is 0.270 e. The third-order valence-electron chi connectivity index (χ3n) is 2.62. The van der Waals surface area contributed by atoms with Crippen LogP contribution in [-0.2, 0) is 0 Å². The van der Waals surface area contributed by atoms with Gasteiger partial charge < -0.3 is 4.74 Å². The lowest BCUT2D eigenvalue weighted by Gasteiger charge is -2.00. The monoisotopic (exact) mass is 290 g/mol. The van der Waals surface area contributed by atoms with Crippen molar-refractivity contribution in [2.24, 2.45) is 4.99 Å². The molecule has 2 rings (SSSR count). The Labute approximate surface area is 120 Å². The van der Waals surface area contributed by atoms with Crippen LogP contribution in [0.1, 0.15) is 5.56 Å². The first-order valence-electron chi connectivity index (χ1n) is 5.72. The average molecular weight is 291 g/mol. The van der Waals surface area contributed by atoms with Crippen molar-refractivity contribution in [1.82, 2.24) is 0 Å². The van der Waals surface area contributed by atoms with Gasteiger partial charge in [-0.1, -0.05) is 11.6 Å². The van der Waals surface area contributed by atoms with E-state index in [1.165, 1.54) is 12.1 Å². The zero-order chi connectivity index (χ0) is 14.5. The Morgan fingerprint density at radius 3 is 2.50 bits per heavy atom. The topological polar surface area (TPSA) is 64.7 Å². The largest absolute Gasteiger partial charge is 0.497 e. The molecule has 6 heteroatoms. The first-order chi connectivity index (χ1) is 9.60. The molecule has 0 heterocycles. The van der Waals surface area contributed by atoms with Gasteiger partial charge in [0.15, 0.2) is 0 Å². The molecule has 5 nitrogen and oxygen atoms in total. The molecule has 2 aromatic carbocycles. The minimum Gasteiger partial charge on any atom is -0.497 e. The van der Waals surface area contributed by atoms with Crippen LogP contribution in [0.5, 0.6) is 5.75 Å². The first-order valence-corrected chi connectivity index (χ1v) is 6.10. The maximum Gasteiger partial charge on any atom is 0.270 e. The Balaban J connectivity index is 2.20. The molecule has 0 saturated heterocycles. The van der Waals surface area contributed by atoms with E-state index in [2.05, 4.69) is 4.99 Å². The first kappa shape index (κ1) is 14.0. The molecule has 0 aromatic heterocycles. The number of aliphatic imine (C=N–C) groups is 1. The Bertz CT molecular complexity index is 654. The van der Waals surface area contributed by atoms with Crippen molar-refractivity contribution in [2.45, 2.75) is 0 Å². The highest BCUT2D eigenvalue weighted by Crippen LogP contribution is 2.22. The number of nitrogens with zero attached hydrogens (tertiary/aromatic N) is 2. The summed E-state index contributed by atoms with van der Waals surface area (Å²) in [6, 6.07) is 11.4. The van der Waals surface area contributed by atoms with Gasteiger partial charge in [-0.15, -0.1) is 0 Å². The van der Waals surface area contributed by atoms with Crippen LogP contribution in [-0.4, -0.2) is 18.2 Å². The molecule has 0 aliphatic rings. The molecule has 0 bridgehead atoms. The SMILES string of the molecule is COc1ccc(N=Cc2ccc([N+](=O)[O-])cc2Cl)cc1. The third-order valence-corrected chi connectivity index (χ3v) is 2.95. The van der Waals surface area contributed by atoms with Crippen LogP contribution >= 0.6 is 11.6 Å². The molecule has 0 aliphatic heterocycles. The minimum atomic E-state index is -0.490. The quantitative estimate of drug-likeness (QED) is 0.485. The summed E-state index contributed by atoms with van der Waals surface area (Å²) in [5, 5.41) is 10.9. The van der Waals surface area contributed by atoms with Crippen LogP contribution in [0.15, 0.2) is 47.5 Å². The summed E-state index contributed by atoms with van der Waals surface area (Å²) in [6.07, 6.45) is 1.56. The lowest BCUT2D eigenvalue weighted by atomic mass is 10.2. The Morgan fingerprint density at radius 1 is 1.25 bits per heavy atom. The van der Waals surface area contributed by atoms with Crippen molar-refractivity contribution in [3.05, 3.63) is 63.2 Å². The fourth-order valence-corrected chi connectivity index (χ4v) is 1.77. The van der Waals surface area contributed by atoms with E-state index < -0.39 is 4.92 Å². The van der Waals surface area contributed by atoms with Crippen LogP contribution in [0, 0.1) is 10.1 Å². The fourth-order valence-electron chi connectivity index (χ4n) is 1.55. The molecular weight excluding hydrogens is 280 g/mol. The Morgan fingerprint density at radius 2 is 1.95 bits per heavy atom. The van der Waals surface area contributed by atoms with E-state index in [-0.39, 0.29) is 10.7 Å². The number of nitro benzene ring substituents is 1. The van der Waals surface area contributed by atoms with Gasteiger partial charge in [0.1, 0.15) is 5.75 Å². The number of rotatable bonds is 4. The Hall–Kier alpha value is -2.40. The van der Waals surface area contributed by atoms with Crippen LogP contribution in [0.3, 0.4) is 0 Å². The minimum absolute atomic E-state index is 0.0448. The number of non-ortho nitro benzene ring substituents is 1. The van der Waals surface area contributed by atoms with Gasteiger partial charge in [-0.3, -0.25) is 15.1 Å². The van der Waals surface area contributed by atoms with Crippen molar-refractivity contribution in [1.29, 1.82) is 0 Å². The van der Waals surface area contributed by atoms with Gasteiger partial charge in [0.05, 0.1) is 22.7 Å². The molecule has 0 spiro atoms. The zero-order valence-electron chi connectivity index (χ0n) is 10.6. The maximum absolute atomic E-state index is 10.6. The van der Waals surface area contributed by atoms with E-state index in [0.717, 1.165) is 11.4 Å². The van der Waals surface area contributed by atoms with Crippen LogP contribution in [0.2, 0.25) is 5.02 Å². The molecule has 0 radical (unpaired) electrons. The number of hydrogen-bond donors (Lipinski definition) is 0. The number of methoxy groups -OCH3 is 1. The van der Waals surface area contributed by atoms with E-state index in [1.807, 2.05) is 0 Å². The van der Waals surface area contributed by atoms with Gasteiger partial charge in [0.2, 0.25) is 0 Å². The van der Waals surface area contributed by atoms with E-state index in [9.17, 15) is 10.1 Å². The second-order valence-corrected chi connectivity index (χ2v) is 4.33. The zero-order valence-corrected chi connectivity index (χ0v) is 11.4. The van der Waals surface area contributed by atoms with Gasteiger partial charge in [-0.05, 0) is 30.3 Å². The molecule has 0 saturated carbocycles. The highest BCUT2D eigenvalue weighted by molar-refractivity contribution is 6.33. The van der Waals surface area contributed by atoms with Crippen molar-refractivity contribution >= 4 is 29.2 Å². The van der Waals surface area contributed by atoms with Gasteiger partial charge in [0.25, 0.3) is 5.69 Å². The lowest BCUT2D eigenvalue weighted by molar-refractivity contribution is -0.384. The second-order valence-electron chi connectivity index (χ2n) is 3.92. The molecule has 2 aromatic rings. The predicted octanol–water partition coefficient (Wildman–Crippen LogP) is 4.01. The molecule has 0 N–H and O–H groups in total. The van der Waals surface area contributed by atoms with Crippen molar-refractivity contribution < 1.29 is 9.66 Å². The summed E-state index contributed by atoms with van der Waals surface area (Å²) in [6.45, 7) is 0. The van der Waals surface area contributed by atoms with E-state index in [0.29, 0.717) is 5.56 Å². The highest BCUT2D eigenvalue weighted by atomic mass is 35.5. The number of benzene rings is 2. The van der Waals surface area contributed by atoms with Crippen LogP contribution in [0.25, 0.3) is 0 Å². The molecule has 0 atom stereocenters. The van der Waals surface area contributed by atoms with Crippen LogP contribution < -0.4 is 4.74 Å². The summed E-state index contributed by atoms with van der Waals surface area (Å²) in [7, 11) is 1.59. The van der Waals surface area contributed by atoms with Gasteiger partial charge in [0, 0.05) is 23.9 Å². The van der Waals surface area contributed by atoms with Gasteiger partial charge in [-0.2, -0.15) is 0 Å². The number of halogens is 1. The van der Waals surface area contributed by atoms with E-state index in [4.69, 9.17) is 16.3 Å². The van der Waals surface area contributed by atoms with Crippen LogP contribution in [0.4, 0.5) is 11.4 Å². The van der Waals surface area contributed by atoms with Crippen molar-refractivity contribution in [3.8, 4) is 5.75 Å². The molecule has 0 fully saturated rings. The van der Waals surface area contributed by atoms with E-state index in [1.54, 1.807) is 43.7 Å². The predicted molar refractivity (Wildman–Crippen MR) is 78.4 cm³/mol. The fraction of sp³-hybridized carbons (Fsp3) is 0.0714. The van der Waals surface area contributed by atoms with Gasteiger partial charge in [-0.25, -0.2) is 0 Å². The molecule has 0 aliphatic carbocycles. The number of ether oxygens (including phenoxy) is 1. The normalized spacial score (nSPS) is 10.7. The van der Waals surface area contributed by atoms with E-state index >= 15 is 0 Å². The molecule has 20 heavy (non-hydrogen) atoms. The standard InChI is InChI=1S/C14H11ClN2O3/c1-20-13-6-3-11(4-7-13)16-9-10-2-5-12(17(18)19)8-14(10)15/h2-9H,1H3. The number of hydrogen-bond acceptors (Lipinski definition) is 4. The maximum atomic E-state index is 10.6. The summed E-state index contributed by atoms with van der Waals surface area (Å²) < 4.78 is 5.05.